The average molecular weight is 240 g/mol. The van der Waals surface area contributed by atoms with Crippen molar-refractivity contribution in [3.8, 4) is 0 Å². The number of fused-ring (bicyclic) bond motifs is 2. The van der Waals surface area contributed by atoms with Crippen LogP contribution in [0.15, 0.2) is 24.3 Å². The van der Waals surface area contributed by atoms with Gasteiger partial charge in [-0.3, -0.25) is 4.79 Å². The van der Waals surface area contributed by atoms with Gasteiger partial charge in [-0.15, -0.1) is 0 Å². The lowest BCUT2D eigenvalue weighted by atomic mass is 9.91. The molecule has 1 heterocycles. The highest BCUT2D eigenvalue weighted by molar-refractivity contribution is 6.04. The SMILES string of the molecule is CN(C)c1c2c(nc3ccccc13)C(=O)CCC2. The first-order chi connectivity index (χ1) is 8.68. The Morgan fingerprint density at radius 1 is 1.17 bits per heavy atom. The number of nitrogens with zero attached hydrogens (tertiary/aromatic N) is 2. The largest absolute Gasteiger partial charge is 0.377 e. The van der Waals surface area contributed by atoms with E-state index in [4.69, 9.17) is 0 Å². The number of carbonyl (C=O) groups excluding carboxylic acids is 1. The first-order valence-electron chi connectivity index (χ1n) is 6.30. The third kappa shape index (κ3) is 1.58. The Bertz CT molecular complexity index is 632. The molecule has 2 aromatic rings. The van der Waals surface area contributed by atoms with E-state index in [1.54, 1.807) is 0 Å². The molecule has 1 aliphatic rings. The van der Waals surface area contributed by atoms with E-state index in [-0.39, 0.29) is 5.78 Å². The summed E-state index contributed by atoms with van der Waals surface area (Å²) in [6, 6.07) is 8.05. The van der Waals surface area contributed by atoms with Gasteiger partial charge in [0.05, 0.1) is 11.2 Å². The van der Waals surface area contributed by atoms with Crippen LogP contribution in [0.1, 0.15) is 28.9 Å². The Kier molecular flexibility index (Phi) is 2.54. The van der Waals surface area contributed by atoms with Gasteiger partial charge in [-0.2, -0.15) is 0 Å². The van der Waals surface area contributed by atoms with Crippen molar-refractivity contribution >= 4 is 22.4 Å². The summed E-state index contributed by atoms with van der Waals surface area (Å²) < 4.78 is 0. The molecule has 0 unspecified atom stereocenters. The lowest BCUT2D eigenvalue weighted by Gasteiger charge is -2.24. The molecule has 0 N–H and O–H groups in total. The number of carbonyl (C=O) groups is 1. The minimum atomic E-state index is 0.185. The Hall–Kier alpha value is -1.90. The predicted octanol–water partition coefficient (Wildman–Crippen LogP) is 2.82. The molecule has 1 aromatic heterocycles. The van der Waals surface area contributed by atoms with Crippen molar-refractivity contribution in [2.24, 2.45) is 0 Å². The van der Waals surface area contributed by atoms with Crippen molar-refractivity contribution in [3.63, 3.8) is 0 Å². The summed E-state index contributed by atoms with van der Waals surface area (Å²) in [5, 5.41) is 1.14. The Balaban J connectivity index is 2.41. The van der Waals surface area contributed by atoms with Gasteiger partial charge >= 0.3 is 0 Å². The first-order valence-corrected chi connectivity index (χ1v) is 6.30. The van der Waals surface area contributed by atoms with Crippen molar-refractivity contribution in [1.82, 2.24) is 4.98 Å². The number of hydrogen-bond donors (Lipinski definition) is 0. The summed E-state index contributed by atoms with van der Waals surface area (Å²) in [6.07, 6.45) is 2.52. The van der Waals surface area contributed by atoms with Crippen molar-refractivity contribution < 1.29 is 4.79 Å². The molecule has 1 aliphatic carbocycles. The van der Waals surface area contributed by atoms with E-state index in [9.17, 15) is 4.79 Å². The summed E-state index contributed by atoms with van der Waals surface area (Å²) in [4.78, 5) is 18.7. The minimum absolute atomic E-state index is 0.185. The number of pyridine rings is 1. The third-order valence-corrected chi connectivity index (χ3v) is 3.51. The number of para-hydroxylation sites is 1. The predicted molar refractivity (Wildman–Crippen MR) is 73.3 cm³/mol. The van der Waals surface area contributed by atoms with Crippen LogP contribution in [0.4, 0.5) is 5.69 Å². The molecule has 3 heteroatoms. The zero-order valence-corrected chi connectivity index (χ0v) is 10.7. The van der Waals surface area contributed by atoms with Gasteiger partial charge in [-0.25, -0.2) is 4.98 Å². The van der Waals surface area contributed by atoms with E-state index in [1.165, 1.54) is 0 Å². The van der Waals surface area contributed by atoms with E-state index in [0.717, 1.165) is 35.0 Å². The van der Waals surface area contributed by atoms with Crippen LogP contribution in [0.3, 0.4) is 0 Å². The molecular weight excluding hydrogens is 224 g/mol. The lowest BCUT2D eigenvalue weighted by Crippen LogP contribution is -2.19. The second-order valence-electron chi connectivity index (χ2n) is 4.98. The van der Waals surface area contributed by atoms with Crippen molar-refractivity contribution in [3.05, 3.63) is 35.5 Å². The average Bonchev–Trinajstić information content (AvgIpc) is 2.36. The quantitative estimate of drug-likeness (QED) is 0.768. The Morgan fingerprint density at radius 3 is 2.72 bits per heavy atom. The standard InChI is InChI=1S/C15H16N2O/c1-17(2)15-10-6-3-4-8-12(10)16-14-11(15)7-5-9-13(14)18/h3-4,6,8H,5,7,9H2,1-2H3. The Labute approximate surface area is 106 Å². The van der Waals surface area contributed by atoms with Crippen LogP contribution < -0.4 is 4.90 Å². The van der Waals surface area contributed by atoms with E-state index >= 15 is 0 Å². The normalized spacial score (nSPS) is 14.7. The molecule has 1 aromatic carbocycles. The smallest absolute Gasteiger partial charge is 0.181 e. The van der Waals surface area contributed by atoms with Crippen LogP contribution in [0.25, 0.3) is 10.9 Å². The van der Waals surface area contributed by atoms with E-state index in [0.29, 0.717) is 12.1 Å². The fourth-order valence-corrected chi connectivity index (χ4v) is 2.76. The zero-order valence-electron chi connectivity index (χ0n) is 10.7. The van der Waals surface area contributed by atoms with Gasteiger partial charge < -0.3 is 4.90 Å². The molecular formula is C15H16N2O. The molecule has 0 saturated carbocycles. The van der Waals surface area contributed by atoms with E-state index in [1.807, 2.05) is 32.3 Å². The second kappa shape index (κ2) is 4.09. The molecule has 3 nitrogen and oxygen atoms in total. The number of benzene rings is 1. The molecule has 0 fully saturated rings. The molecule has 0 amide bonds. The maximum atomic E-state index is 12.0. The molecule has 0 aliphatic heterocycles. The number of ketones is 1. The number of anilines is 1. The molecule has 0 atom stereocenters. The van der Waals surface area contributed by atoms with E-state index < -0.39 is 0 Å². The molecule has 0 bridgehead atoms. The van der Waals surface area contributed by atoms with Gasteiger partial charge in [-0.1, -0.05) is 18.2 Å². The van der Waals surface area contributed by atoms with Crippen LogP contribution >= 0.6 is 0 Å². The van der Waals surface area contributed by atoms with Gasteiger partial charge in [0.15, 0.2) is 5.78 Å². The van der Waals surface area contributed by atoms with Gasteiger partial charge in [0.1, 0.15) is 5.69 Å². The van der Waals surface area contributed by atoms with Crippen LogP contribution in [0.2, 0.25) is 0 Å². The van der Waals surface area contributed by atoms with Crippen molar-refractivity contribution in [2.45, 2.75) is 19.3 Å². The van der Waals surface area contributed by atoms with Crippen LogP contribution in [-0.2, 0) is 6.42 Å². The minimum Gasteiger partial charge on any atom is -0.377 e. The molecule has 18 heavy (non-hydrogen) atoms. The summed E-state index contributed by atoms with van der Waals surface area (Å²) in [7, 11) is 4.06. The monoisotopic (exact) mass is 240 g/mol. The lowest BCUT2D eigenvalue weighted by molar-refractivity contribution is 0.0967. The van der Waals surface area contributed by atoms with Crippen LogP contribution in [0.5, 0.6) is 0 Å². The van der Waals surface area contributed by atoms with E-state index in [2.05, 4.69) is 16.0 Å². The molecule has 0 radical (unpaired) electrons. The molecule has 3 rings (SSSR count). The van der Waals surface area contributed by atoms with Gasteiger partial charge in [0, 0.05) is 31.5 Å². The topological polar surface area (TPSA) is 33.2 Å². The number of Topliss-reactive ketones (excluding diaryl/α,β-unsaturated/α-hetero) is 1. The molecule has 0 spiro atoms. The summed E-state index contributed by atoms with van der Waals surface area (Å²) in [5.41, 5.74) is 3.87. The zero-order chi connectivity index (χ0) is 12.7. The fraction of sp³-hybridized carbons (Fsp3) is 0.333. The number of rotatable bonds is 1. The van der Waals surface area contributed by atoms with Crippen LogP contribution in [0, 0.1) is 0 Å². The van der Waals surface area contributed by atoms with Gasteiger partial charge in [0.25, 0.3) is 0 Å². The molecule has 0 saturated heterocycles. The highest BCUT2D eigenvalue weighted by Gasteiger charge is 2.24. The summed E-state index contributed by atoms with van der Waals surface area (Å²) in [5.74, 6) is 0.185. The van der Waals surface area contributed by atoms with Crippen molar-refractivity contribution in [2.75, 3.05) is 19.0 Å². The second-order valence-corrected chi connectivity index (χ2v) is 4.98. The third-order valence-electron chi connectivity index (χ3n) is 3.51. The highest BCUT2D eigenvalue weighted by atomic mass is 16.1. The maximum absolute atomic E-state index is 12.0. The number of hydrogen-bond acceptors (Lipinski definition) is 3. The first kappa shape index (κ1) is 11.2. The summed E-state index contributed by atoms with van der Waals surface area (Å²) in [6.45, 7) is 0. The van der Waals surface area contributed by atoms with Crippen LogP contribution in [-0.4, -0.2) is 24.9 Å². The Morgan fingerprint density at radius 2 is 1.94 bits per heavy atom. The summed E-state index contributed by atoms with van der Waals surface area (Å²) >= 11 is 0. The van der Waals surface area contributed by atoms with Gasteiger partial charge in [0.2, 0.25) is 0 Å². The fourth-order valence-electron chi connectivity index (χ4n) is 2.76. The highest BCUT2D eigenvalue weighted by Crippen LogP contribution is 2.34. The molecule has 92 valence electrons. The van der Waals surface area contributed by atoms with Crippen molar-refractivity contribution in [1.29, 1.82) is 0 Å². The maximum Gasteiger partial charge on any atom is 0.181 e. The number of aromatic nitrogens is 1. The van der Waals surface area contributed by atoms with Gasteiger partial charge in [-0.05, 0) is 18.9 Å².